The third-order valence-electron chi connectivity index (χ3n) is 6.63. The van der Waals surface area contributed by atoms with Gasteiger partial charge in [0.25, 0.3) is 0 Å². The van der Waals surface area contributed by atoms with Gasteiger partial charge in [-0.3, -0.25) is 4.79 Å². The number of nitrogens with zero attached hydrogens (tertiary/aromatic N) is 2. The minimum atomic E-state index is -3.79. The summed E-state index contributed by atoms with van der Waals surface area (Å²) in [5.41, 5.74) is 1.16. The van der Waals surface area contributed by atoms with Crippen LogP contribution in [0.5, 0.6) is 5.75 Å². The number of methoxy groups -OCH3 is 1. The molecule has 10 heteroatoms. The molecule has 0 unspecified atom stereocenters. The first kappa shape index (κ1) is 25.4. The van der Waals surface area contributed by atoms with Crippen molar-refractivity contribution in [1.82, 2.24) is 9.62 Å². The maximum absolute atomic E-state index is 12.9. The van der Waals surface area contributed by atoms with E-state index in [0.717, 1.165) is 18.8 Å². The van der Waals surface area contributed by atoms with Crippen molar-refractivity contribution in [3.63, 3.8) is 0 Å². The van der Waals surface area contributed by atoms with Crippen LogP contribution in [-0.4, -0.2) is 82.5 Å². The number of aliphatic hydroxyl groups is 1. The van der Waals surface area contributed by atoms with Gasteiger partial charge in [0.15, 0.2) is 0 Å². The van der Waals surface area contributed by atoms with E-state index in [1.54, 1.807) is 12.1 Å². The number of hydrogen-bond acceptors (Lipinski definition) is 7. The lowest BCUT2D eigenvalue weighted by molar-refractivity contribution is -0.140. The SMILES string of the molecule is COc1ccc(S(=O)(=O)N[C@@H]2CC[C@@H](CC(=O)N3CCN(c4ccccc4)CC3)O[C@@H]2CO)cc1. The number of amides is 1. The highest BCUT2D eigenvalue weighted by atomic mass is 32.2. The number of para-hydroxylation sites is 1. The van der Waals surface area contributed by atoms with Gasteiger partial charge in [-0.2, -0.15) is 0 Å². The van der Waals surface area contributed by atoms with Gasteiger partial charge in [0.1, 0.15) is 5.75 Å². The van der Waals surface area contributed by atoms with E-state index in [1.165, 1.54) is 19.2 Å². The molecule has 2 aromatic rings. The maximum atomic E-state index is 12.9. The summed E-state index contributed by atoms with van der Waals surface area (Å²) < 4.78 is 39.3. The molecule has 2 heterocycles. The van der Waals surface area contributed by atoms with Gasteiger partial charge in [-0.05, 0) is 49.2 Å². The van der Waals surface area contributed by atoms with Gasteiger partial charge in [0, 0.05) is 31.9 Å². The number of carbonyl (C=O) groups excluding carboxylic acids is 1. The zero-order valence-corrected chi connectivity index (χ0v) is 20.7. The molecule has 0 radical (unpaired) electrons. The van der Waals surface area contributed by atoms with Gasteiger partial charge >= 0.3 is 0 Å². The zero-order valence-electron chi connectivity index (χ0n) is 19.9. The lowest BCUT2D eigenvalue weighted by Crippen LogP contribution is -2.52. The van der Waals surface area contributed by atoms with E-state index >= 15 is 0 Å². The van der Waals surface area contributed by atoms with E-state index in [2.05, 4.69) is 21.8 Å². The molecule has 2 aliphatic heterocycles. The van der Waals surface area contributed by atoms with Crippen LogP contribution in [-0.2, 0) is 19.6 Å². The zero-order chi connectivity index (χ0) is 24.8. The van der Waals surface area contributed by atoms with Crippen LogP contribution >= 0.6 is 0 Å². The molecule has 3 atom stereocenters. The first-order valence-electron chi connectivity index (χ1n) is 11.9. The maximum Gasteiger partial charge on any atom is 0.240 e. The minimum Gasteiger partial charge on any atom is -0.497 e. The van der Waals surface area contributed by atoms with E-state index < -0.39 is 22.2 Å². The highest BCUT2D eigenvalue weighted by Crippen LogP contribution is 2.25. The number of piperazine rings is 1. The number of hydrogen-bond donors (Lipinski definition) is 2. The third kappa shape index (κ3) is 6.32. The minimum absolute atomic E-state index is 0.0247. The molecule has 2 fully saturated rings. The Labute approximate surface area is 206 Å². The number of ether oxygens (including phenoxy) is 2. The molecule has 4 rings (SSSR count). The van der Waals surface area contributed by atoms with Gasteiger partial charge in [0.2, 0.25) is 15.9 Å². The predicted octanol–water partition coefficient (Wildman–Crippen LogP) is 1.62. The summed E-state index contributed by atoms with van der Waals surface area (Å²) in [5.74, 6) is 0.587. The van der Waals surface area contributed by atoms with Crippen LogP contribution in [0.25, 0.3) is 0 Å². The van der Waals surface area contributed by atoms with Crippen molar-refractivity contribution in [1.29, 1.82) is 0 Å². The van der Waals surface area contributed by atoms with Crippen molar-refractivity contribution in [3.05, 3.63) is 54.6 Å². The van der Waals surface area contributed by atoms with Crippen molar-refractivity contribution in [2.75, 3.05) is 44.8 Å². The van der Waals surface area contributed by atoms with Crippen molar-refractivity contribution < 1.29 is 27.8 Å². The van der Waals surface area contributed by atoms with E-state index in [1.807, 2.05) is 23.1 Å². The van der Waals surface area contributed by atoms with Gasteiger partial charge in [0.05, 0.1) is 43.3 Å². The molecular weight excluding hydrogens is 470 g/mol. The number of anilines is 1. The second-order valence-electron chi connectivity index (χ2n) is 8.87. The topological polar surface area (TPSA) is 108 Å². The summed E-state index contributed by atoms with van der Waals surface area (Å²) in [4.78, 5) is 17.1. The average molecular weight is 504 g/mol. The fraction of sp³-hybridized carbons (Fsp3) is 0.480. The molecule has 0 saturated carbocycles. The number of carbonyl (C=O) groups is 1. The van der Waals surface area contributed by atoms with Gasteiger partial charge in [-0.25, -0.2) is 13.1 Å². The summed E-state index contributed by atoms with van der Waals surface area (Å²) in [5, 5.41) is 9.86. The normalized spacial score (nSPS) is 23.2. The number of aliphatic hydroxyl groups excluding tert-OH is 1. The number of rotatable bonds is 8. The monoisotopic (exact) mass is 503 g/mol. The van der Waals surface area contributed by atoms with Crippen LogP contribution in [0, 0.1) is 0 Å². The van der Waals surface area contributed by atoms with E-state index in [-0.39, 0.29) is 29.9 Å². The van der Waals surface area contributed by atoms with Gasteiger partial charge in [-0.15, -0.1) is 0 Å². The second-order valence-corrected chi connectivity index (χ2v) is 10.6. The van der Waals surface area contributed by atoms with Gasteiger partial charge < -0.3 is 24.4 Å². The Morgan fingerprint density at radius 1 is 1.06 bits per heavy atom. The molecule has 190 valence electrons. The highest BCUT2D eigenvalue weighted by Gasteiger charge is 2.35. The number of sulfonamides is 1. The Morgan fingerprint density at radius 2 is 1.74 bits per heavy atom. The fourth-order valence-electron chi connectivity index (χ4n) is 4.62. The molecule has 0 aromatic heterocycles. The summed E-state index contributed by atoms with van der Waals surface area (Å²) in [6.45, 7) is 2.50. The number of nitrogens with one attached hydrogen (secondary N) is 1. The summed E-state index contributed by atoms with van der Waals surface area (Å²) >= 11 is 0. The molecule has 1 amide bonds. The Kier molecular flexibility index (Phi) is 8.27. The Hall–Kier alpha value is -2.66. The fourth-order valence-corrected chi connectivity index (χ4v) is 5.91. The lowest BCUT2D eigenvalue weighted by atomic mass is 9.97. The first-order chi connectivity index (χ1) is 16.9. The van der Waals surface area contributed by atoms with Crippen LogP contribution < -0.4 is 14.4 Å². The van der Waals surface area contributed by atoms with Crippen molar-refractivity contribution >= 4 is 21.6 Å². The van der Waals surface area contributed by atoms with Gasteiger partial charge in [-0.1, -0.05) is 18.2 Å². The van der Waals surface area contributed by atoms with Crippen LogP contribution in [0.1, 0.15) is 19.3 Å². The van der Waals surface area contributed by atoms with E-state index in [9.17, 15) is 18.3 Å². The predicted molar refractivity (Wildman–Crippen MR) is 132 cm³/mol. The molecular formula is C25H33N3O6S. The molecule has 2 N–H and O–H groups in total. The van der Waals surface area contributed by atoms with Crippen LogP contribution in [0.2, 0.25) is 0 Å². The Balaban J connectivity index is 1.28. The largest absolute Gasteiger partial charge is 0.497 e. The van der Waals surface area contributed by atoms with Crippen LogP contribution in [0.15, 0.2) is 59.5 Å². The van der Waals surface area contributed by atoms with Crippen molar-refractivity contribution in [2.45, 2.75) is 42.4 Å². The third-order valence-corrected chi connectivity index (χ3v) is 8.13. The summed E-state index contributed by atoms with van der Waals surface area (Å²) in [7, 11) is -2.28. The number of benzene rings is 2. The van der Waals surface area contributed by atoms with Crippen LogP contribution in [0.4, 0.5) is 5.69 Å². The Morgan fingerprint density at radius 3 is 2.37 bits per heavy atom. The molecule has 9 nitrogen and oxygen atoms in total. The molecule has 0 spiro atoms. The molecule has 2 aliphatic rings. The molecule has 0 bridgehead atoms. The average Bonchev–Trinajstić information content (AvgIpc) is 2.90. The smallest absolute Gasteiger partial charge is 0.240 e. The quantitative estimate of drug-likeness (QED) is 0.564. The van der Waals surface area contributed by atoms with E-state index in [0.29, 0.717) is 31.7 Å². The molecule has 0 aliphatic carbocycles. The summed E-state index contributed by atoms with van der Waals surface area (Å²) in [6.07, 6.45) is 0.153. The lowest BCUT2D eigenvalue weighted by Gasteiger charge is -2.38. The molecule has 2 saturated heterocycles. The first-order valence-corrected chi connectivity index (χ1v) is 13.4. The standard InChI is InChI=1S/C25H33N3O6S/c1-33-20-7-10-22(11-8-20)35(31,32)26-23-12-9-21(34-24(23)18-29)17-25(30)28-15-13-27(14-16-28)19-5-3-2-4-6-19/h2-8,10-11,21,23-24,26,29H,9,12-18H2,1H3/t21-,23+,24+/m0/s1. The summed E-state index contributed by atoms with van der Waals surface area (Å²) in [6, 6.07) is 15.7. The molecule has 35 heavy (non-hydrogen) atoms. The second kappa shape index (κ2) is 11.4. The highest BCUT2D eigenvalue weighted by molar-refractivity contribution is 7.89. The van der Waals surface area contributed by atoms with Crippen LogP contribution in [0.3, 0.4) is 0 Å². The molecule has 2 aromatic carbocycles. The van der Waals surface area contributed by atoms with E-state index in [4.69, 9.17) is 9.47 Å². The van der Waals surface area contributed by atoms with Crippen molar-refractivity contribution in [2.24, 2.45) is 0 Å². The van der Waals surface area contributed by atoms with Crippen molar-refractivity contribution in [3.8, 4) is 5.75 Å². The Bertz CT molecular complexity index is 1070.